The van der Waals surface area contributed by atoms with E-state index in [0.717, 1.165) is 17.3 Å². The molecule has 1 aromatic heterocycles. The van der Waals surface area contributed by atoms with Gasteiger partial charge < -0.3 is 4.57 Å². The second-order valence-corrected chi connectivity index (χ2v) is 7.63. The molecule has 0 fully saturated rings. The quantitative estimate of drug-likeness (QED) is 0.341. The number of aromatic nitrogens is 1. The van der Waals surface area contributed by atoms with E-state index in [1.165, 1.54) is 39.0 Å². The van der Waals surface area contributed by atoms with Crippen LogP contribution in [0.4, 0.5) is 0 Å². The van der Waals surface area contributed by atoms with Gasteiger partial charge in [0, 0.05) is 21.2 Å². The fraction of sp³-hybridized carbons (Fsp3) is 0.0833. The molecular weight excluding hydrogens is 382 g/mol. The Morgan fingerprint density at radius 2 is 1.58 bits per heavy atom. The Morgan fingerprint density at radius 1 is 0.808 bits per heavy atom. The number of nitrogens with zero attached hydrogens (tertiary/aromatic N) is 1. The third-order valence-electron chi connectivity index (χ3n) is 5.14. The van der Waals surface area contributed by atoms with E-state index in [4.69, 9.17) is 0 Å². The lowest BCUT2D eigenvalue weighted by Gasteiger charge is -2.12. The second-order valence-electron chi connectivity index (χ2n) is 6.71. The smallest absolute Gasteiger partial charge is 0.0538 e. The number of benzene rings is 3. The van der Waals surface area contributed by atoms with E-state index >= 15 is 0 Å². The van der Waals surface area contributed by atoms with Crippen LogP contribution in [-0.2, 0) is 6.42 Å². The first-order chi connectivity index (χ1) is 12.8. The largest absolute Gasteiger partial charge is 0.310 e. The Kier molecular flexibility index (Phi) is 3.79. The van der Waals surface area contributed by atoms with Gasteiger partial charge in [0.25, 0.3) is 0 Å². The average molecular weight is 400 g/mol. The number of fused-ring (bicyclic) bond motifs is 3. The maximum atomic E-state index is 3.63. The number of aryl methyl sites for hydroxylation is 1. The van der Waals surface area contributed by atoms with E-state index in [2.05, 4.69) is 105 Å². The van der Waals surface area contributed by atoms with Gasteiger partial charge >= 0.3 is 0 Å². The highest BCUT2D eigenvalue weighted by molar-refractivity contribution is 9.10. The minimum atomic E-state index is 1.11. The Hall–Kier alpha value is -2.58. The van der Waals surface area contributed by atoms with Crippen molar-refractivity contribution in [3.8, 4) is 16.8 Å². The number of rotatable bonds is 2. The molecule has 5 rings (SSSR count). The summed E-state index contributed by atoms with van der Waals surface area (Å²) in [6, 6.07) is 26.0. The van der Waals surface area contributed by atoms with Crippen LogP contribution in [0.25, 0.3) is 33.8 Å². The first-order valence-corrected chi connectivity index (χ1v) is 9.76. The van der Waals surface area contributed by atoms with Crippen molar-refractivity contribution < 1.29 is 0 Å². The van der Waals surface area contributed by atoms with E-state index in [0.29, 0.717) is 0 Å². The average Bonchev–Trinajstić information content (AvgIpc) is 3.02. The van der Waals surface area contributed by atoms with Crippen LogP contribution in [0.5, 0.6) is 0 Å². The molecule has 26 heavy (non-hydrogen) atoms. The zero-order chi connectivity index (χ0) is 17.5. The van der Waals surface area contributed by atoms with Crippen LogP contribution in [0.3, 0.4) is 0 Å². The molecular formula is C24H18BrN. The van der Waals surface area contributed by atoms with Crippen molar-refractivity contribution in [3.05, 3.63) is 94.6 Å². The Morgan fingerprint density at radius 3 is 2.38 bits per heavy atom. The molecule has 0 unspecified atom stereocenters. The van der Waals surface area contributed by atoms with E-state index in [9.17, 15) is 0 Å². The van der Waals surface area contributed by atoms with E-state index in [1.54, 1.807) is 0 Å². The van der Waals surface area contributed by atoms with Crippen molar-refractivity contribution in [2.75, 3.05) is 0 Å². The molecule has 1 aliphatic rings. The van der Waals surface area contributed by atoms with Gasteiger partial charge in [-0.1, -0.05) is 64.5 Å². The van der Waals surface area contributed by atoms with Gasteiger partial charge in [0.05, 0.1) is 5.52 Å². The molecule has 0 saturated carbocycles. The minimum Gasteiger partial charge on any atom is -0.310 e. The molecule has 3 aromatic carbocycles. The first kappa shape index (κ1) is 15.7. The molecule has 0 radical (unpaired) electrons. The lowest BCUT2D eigenvalue weighted by molar-refractivity contribution is 0.967. The summed E-state index contributed by atoms with van der Waals surface area (Å²) >= 11 is 3.63. The third kappa shape index (κ3) is 2.53. The molecule has 2 heteroatoms. The van der Waals surface area contributed by atoms with Crippen LogP contribution in [0.1, 0.15) is 17.7 Å². The van der Waals surface area contributed by atoms with Crippen molar-refractivity contribution >= 4 is 32.9 Å². The van der Waals surface area contributed by atoms with Crippen LogP contribution in [0.2, 0.25) is 0 Å². The highest BCUT2D eigenvalue weighted by Gasteiger charge is 2.18. The molecule has 0 saturated heterocycles. The maximum absolute atomic E-state index is 3.63. The fourth-order valence-electron chi connectivity index (χ4n) is 3.92. The van der Waals surface area contributed by atoms with Gasteiger partial charge in [-0.3, -0.25) is 0 Å². The normalized spacial score (nSPS) is 13.1. The van der Waals surface area contributed by atoms with Crippen molar-refractivity contribution in [2.45, 2.75) is 12.8 Å². The van der Waals surface area contributed by atoms with Crippen LogP contribution < -0.4 is 0 Å². The summed E-state index contributed by atoms with van der Waals surface area (Å²) in [4.78, 5) is 0. The summed E-state index contributed by atoms with van der Waals surface area (Å²) in [6.45, 7) is 0. The Labute approximate surface area is 161 Å². The lowest BCUT2D eigenvalue weighted by Crippen LogP contribution is -2.00. The number of hydrogen-bond donors (Lipinski definition) is 0. The van der Waals surface area contributed by atoms with Crippen LogP contribution in [-0.4, -0.2) is 4.57 Å². The molecule has 0 aliphatic heterocycles. The molecule has 0 amide bonds. The molecule has 1 aliphatic carbocycles. The fourth-order valence-corrected chi connectivity index (χ4v) is 4.28. The molecule has 126 valence electrons. The number of hydrogen-bond acceptors (Lipinski definition) is 0. The summed E-state index contributed by atoms with van der Waals surface area (Å²) in [5.41, 5.74) is 7.76. The van der Waals surface area contributed by atoms with Gasteiger partial charge in [0.15, 0.2) is 0 Å². The first-order valence-electron chi connectivity index (χ1n) is 8.96. The highest BCUT2D eigenvalue weighted by atomic mass is 79.9. The summed E-state index contributed by atoms with van der Waals surface area (Å²) in [5.74, 6) is 0. The molecule has 1 heterocycles. The SMILES string of the molecule is Brc1ccc2c(c1)c1c(n2-c2ccc(-c3ccccc3)cc2)C=CCC1. The van der Waals surface area contributed by atoms with Gasteiger partial charge in [-0.05, 0) is 65.9 Å². The lowest BCUT2D eigenvalue weighted by atomic mass is 10.0. The highest BCUT2D eigenvalue weighted by Crippen LogP contribution is 2.35. The van der Waals surface area contributed by atoms with Crippen molar-refractivity contribution in [1.29, 1.82) is 0 Å². The summed E-state index contributed by atoms with van der Waals surface area (Å²) in [5, 5.41) is 1.35. The summed E-state index contributed by atoms with van der Waals surface area (Å²) < 4.78 is 3.53. The van der Waals surface area contributed by atoms with Gasteiger partial charge in [0.2, 0.25) is 0 Å². The zero-order valence-corrected chi connectivity index (χ0v) is 15.9. The van der Waals surface area contributed by atoms with Crippen molar-refractivity contribution in [1.82, 2.24) is 4.57 Å². The third-order valence-corrected chi connectivity index (χ3v) is 5.64. The molecule has 1 nitrogen and oxygen atoms in total. The molecule has 0 bridgehead atoms. The van der Waals surface area contributed by atoms with Crippen LogP contribution in [0, 0.1) is 0 Å². The monoisotopic (exact) mass is 399 g/mol. The van der Waals surface area contributed by atoms with E-state index in [-0.39, 0.29) is 0 Å². The maximum Gasteiger partial charge on any atom is 0.0538 e. The number of halogens is 1. The van der Waals surface area contributed by atoms with Crippen molar-refractivity contribution in [2.24, 2.45) is 0 Å². The van der Waals surface area contributed by atoms with Crippen molar-refractivity contribution in [3.63, 3.8) is 0 Å². The molecule has 4 aromatic rings. The Balaban J connectivity index is 1.69. The van der Waals surface area contributed by atoms with Gasteiger partial charge in [-0.2, -0.15) is 0 Å². The molecule has 0 spiro atoms. The predicted octanol–water partition coefficient (Wildman–Crippen LogP) is 7.02. The minimum absolute atomic E-state index is 1.11. The Bertz CT molecular complexity index is 1120. The summed E-state index contributed by atoms with van der Waals surface area (Å²) in [6.07, 6.45) is 6.78. The number of allylic oxidation sites excluding steroid dienone is 1. The molecule has 0 atom stereocenters. The van der Waals surface area contributed by atoms with Crippen LogP contribution >= 0.6 is 15.9 Å². The van der Waals surface area contributed by atoms with Gasteiger partial charge in [-0.15, -0.1) is 0 Å². The predicted molar refractivity (Wildman–Crippen MR) is 114 cm³/mol. The van der Waals surface area contributed by atoms with Crippen LogP contribution in [0.15, 0.2) is 83.3 Å². The topological polar surface area (TPSA) is 4.93 Å². The second kappa shape index (κ2) is 6.30. The summed E-state index contributed by atoms with van der Waals surface area (Å²) in [7, 11) is 0. The van der Waals surface area contributed by atoms with Gasteiger partial charge in [-0.25, -0.2) is 0 Å². The zero-order valence-electron chi connectivity index (χ0n) is 14.3. The molecule has 0 N–H and O–H groups in total. The van der Waals surface area contributed by atoms with E-state index < -0.39 is 0 Å². The van der Waals surface area contributed by atoms with Gasteiger partial charge in [0.1, 0.15) is 0 Å². The van der Waals surface area contributed by atoms with E-state index in [1.807, 2.05) is 0 Å². The standard InChI is InChI=1S/C24H18BrN/c25-19-12-15-24-22(16-19)21-8-4-5-9-23(21)26(24)20-13-10-18(11-14-20)17-6-2-1-3-7-17/h1-3,5-7,9-16H,4,8H2.